The second-order valence-electron chi connectivity index (χ2n) is 11.0. The van der Waals surface area contributed by atoms with E-state index in [2.05, 4.69) is 20.2 Å². The smallest absolute Gasteiger partial charge is 0.418 e. The van der Waals surface area contributed by atoms with Crippen molar-refractivity contribution in [3.63, 3.8) is 0 Å². The van der Waals surface area contributed by atoms with Crippen molar-refractivity contribution < 1.29 is 36.3 Å². The minimum atomic E-state index is -5.43. The van der Waals surface area contributed by atoms with E-state index in [9.17, 15) is 27.6 Å². The van der Waals surface area contributed by atoms with E-state index in [-0.39, 0.29) is 52.5 Å². The molecule has 4 aromatic rings. The van der Waals surface area contributed by atoms with Gasteiger partial charge in [-0.1, -0.05) is 26.0 Å². The molecule has 0 radical (unpaired) electrons. The molecule has 1 N–H and O–H groups in total. The first-order valence-electron chi connectivity index (χ1n) is 15.8. The third-order valence-corrected chi connectivity index (χ3v) is 8.05. The number of aryl methyl sites for hydroxylation is 1. The highest BCUT2D eigenvalue weighted by molar-refractivity contribution is 6.03. The number of nitrogens with zero attached hydrogens (tertiary/aromatic N) is 5. The van der Waals surface area contributed by atoms with Crippen molar-refractivity contribution in [2.24, 2.45) is 0 Å². The van der Waals surface area contributed by atoms with Gasteiger partial charge in [-0.25, -0.2) is 18.6 Å². The minimum absolute atomic E-state index is 0.0317. The fourth-order valence-electron chi connectivity index (χ4n) is 5.43. The summed E-state index contributed by atoms with van der Waals surface area (Å²) in [6.45, 7) is 11.9. The number of carbonyl (C=O) groups excluding carboxylic acids is 2. The van der Waals surface area contributed by atoms with Gasteiger partial charge in [-0.2, -0.15) is 18.2 Å². The van der Waals surface area contributed by atoms with E-state index >= 15 is 8.78 Å². The molecular formula is C34H37F5N6O4. The third kappa shape index (κ3) is 7.88. The Balaban J connectivity index is 2.08. The first-order chi connectivity index (χ1) is 23.3. The molecule has 2 aromatic carbocycles. The highest BCUT2D eigenvalue weighted by Gasteiger charge is 2.43. The lowest BCUT2D eigenvalue weighted by Gasteiger charge is -2.23. The van der Waals surface area contributed by atoms with Crippen molar-refractivity contribution in [3.05, 3.63) is 75.6 Å². The van der Waals surface area contributed by atoms with Crippen molar-refractivity contribution in [1.82, 2.24) is 24.3 Å². The van der Waals surface area contributed by atoms with Crippen molar-refractivity contribution in [1.29, 1.82) is 0 Å². The standard InChI is InChI=1S/C34H37F5N6O4/c1-6-43(7-2)19-11-18-40-33-41-27(21-16-17-25(46)45(30(21)42-33)28-23(35)12-10-13-24(28)36)26-20(5)14-15-22(31(47)44(8-3)9-4)29(26)49-32(48)34(37,38)39/h10,12-17H,6-9,11,18-19H2,1-5H3,(H,40,41,42). The van der Waals surface area contributed by atoms with Crippen LogP contribution in [0.15, 0.2) is 47.3 Å². The Bertz CT molecular complexity index is 1880. The monoisotopic (exact) mass is 688 g/mol. The van der Waals surface area contributed by atoms with Crippen LogP contribution >= 0.6 is 0 Å². The fourth-order valence-corrected chi connectivity index (χ4v) is 5.43. The van der Waals surface area contributed by atoms with Gasteiger partial charge in [-0.3, -0.25) is 14.2 Å². The lowest BCUT2D eigenvalue weighted by Crippen LogP contribution is -2.33. The summed E-state index contributed by atoms with van der Waals surface area (Å²) in [5, 5.41) is 3.01. The normalized spacial score (nSPS) is 11.7. The molecular weight excluding hydrogens is 651 g/mol. The molecule has 10 nitrogen and oxygen atoms in total. The first-order valence-corrected chi connectivity index (χ1v) is 15.8. The maximum Gasteiger partial charge on any atom is 0.491 e. The number of hydrogen-bond acceptors (Lipinski definition) is 8. The molecule has 4 rings (SSSR count). The van der Waals surface area contributed by atoms with E-state index in [1.807, 2.05) is 13.8 Å². The van der Waals surface area contributed by atoms with E-state index in [4.69, 9.17) is 4.74 Å². The van der Waals surface area contributed by atoms with Gasteiger partial charge in [0.2, 0.25) is 5.95 Å². The zero-order valence-electron chi connectivity index (χ0n) is 27.8. The van der Waals surface area contributed by atoms with Crippen LogP contribution in [-0.4, -0.2) is 81.7 Å². The van der Waals surface area contributed by atoms with Crippen LogP contribution < -0.4 is 15.6 Å². The van der Waals surface area contributed by atoms with Crippen LogP contribution in [0, 0.1) is 18.6 Å². The topological polar surface area (TPSA) is 110 Å². The molecule has 0 spiro atoms. The van der Waals surface area contributed by atoms with Crippen LogP contribution in [-0.2, 0) is 4.79 Å². The Hall–Kier alpha value is -4.92. The lowest BCUT2D eigenvalue weighted by molar-refractivity contribution is -0.189. The maximum atomic E-state index is 15.2. The molecule has 0 fully saturated rings. The number of alkyl halides is 3. The average molecular weight is 689 g/mol. The Morgan fingerprint density at radius 3 is 2.16 bits per heavy atom. The van der Waals surface area contributed by atoms with Gasteiger partial charge < -0.3 is 19.9 Å². The van der Waals surface area contributed by atoms with Crippen LogP contribution in [0.5, 0.6) is 5.75 Å². The van der Waals surface area contributed by atoms with E-state index in [1.165, 1.54) is 30.0 Å². The maximum absolute atomic E-state index is 15.2. The van der Waals surface area contributed by atoms with Crippen LogP contribution in [0.2, 0.25) is 0 Å². The number of rotatable bonds is 13. The van der Waals surface area contributed by atoms with Crippen LogP contribution in [0.3, 0.4) is 0 Å². The summed E-state index contributed by atoms with van der Waals surface area (Å²) >= 11 is 0. The molecule has 15 heteroatoms. The number of pyridine rings is 1. The average Bonchev–Trinajstić information content (AvgIpc) is 3.05. The van der Waals surface area contributed by atoms with Gasteiger partial charge >= 0.3 is 12.1 Å². The van der Waals surface area contributed by atoms with Crippen molar-refractivity contribution >= 4 is 28.9 Å². The van der Waals surface area contributed by atoms with Gasteiger partial charge in [-0.05, 0) is 76.7 Å². The van der Waals surface area contributed by atoms with Crippen molar-refractivity contribution in [2.75, 3.05) is 44.6 Å². The largest absolute Gasteiger partial charge is 0.491 e. The number of halogens is 5. The van der Waals surface area contributed by atoms with Crippen molar-refractivity contribution in [3.8, 4) is 22.7 Å². The molecule has 2 aromatic heterocycles. The zero-order chi connectivity index (χ0) is 36.0. The number of benzene rings is 2. The Morgan fingerprint density at radius 1 is 0.918 bits per heavy atom. The number of ether oxygens (including phenoxy) is 1. The second kappa shape index (κ2) is 15.5. The number of para-hydroxylation sites is 1. The Kier molecular flexibility index (Phi) is 11.7. The zero-order valence-corrected chi connectivity index (χ0v) is 27.8. The molecule has 0 aliphatic rings. The summed E-state index contributed by atoms with van der Waals surface area (Å²) in [6.07, 6.45) is -4.81. The van der Waals surface area contributed by atoms with Crippen LogP contribution in [0.25, 0.3) is 28.0 Å². The van der Waals surface area contributed by atoms with E-state index < -0.39 is 46.7 Å². The summed E-state index contributed by atoms with van der Waals surface area (Å²) in [5.41, 5.74) is -2.34. The molecule has 0 aliphatic heterocycles. The summed E-state index contributed by atoms with van der Waals surface area (Å²) in [7, 11) is 0. The molecule has 0 saturated carbocycles. The Labute approximate surface area is 279 Å². The van der Waals surface area contributed by atoms with Gasteiger partial charge in [0.25, 0.3) is 11.5 Å². The second-order valence-corrected chi connectivity index (χ2v) is 11.0. The minimum Gasteiger partial charge on any atom is -0.418 e. The van der Waals surface area contributed by atoms with Crippen LogP contribution in [0.1, 0.15) is 50.0 Å². The summed E-state index contributed by atoms with van der Waals surface area (Å²) in [5.74, 6) is -6.30. The van der Waals surface area contributed by atoms with Gasteiger partial charge in [0, 0.05) is 36.7 Å². The van der Waals surface area contributed by atoms with Gasteiger partial charge in [0.1, 0.15) is 17.3 Å². The lowest BCUT2D eigenvalue weighted by atomic mass is 9.97. The summed E-state index contributed by atoms with van der Waals surface area (Å²) in [4.78, 5) is 51.7. The third-order valence-electron chi connectivity index (χ3n) is 8.05. The fraction of sp³-hybridized carbons (Fsp3) is 0.382. The molecule has 1 amide bonds. The highest BCUT2D eigenvalue weighted by Crippen LogP contribution is 2.41. The molecule has 49 heavy (non-hydrogen) atoms. The number of esters is 1. The highest BCUT2D eigenvalue weighted by atomic mass is 19.4. The molecule has 0 atom stereocenters. The first kappa shape index (κ1) is 36.9. The van der Waals surface area contributed by atoms with E-state index in [1.54, 1.807) is 13.8 Å². The molecule has 262 valence electrons. The molecule has 0 bridgehead atoms. The van der Waals surface area contributed by atoms with Gasteiger partial charge in [-0.15, -0.1) is 0 Å². The quantitative estimate of drug-likeness (QED) is 0.0774. The molecule has 2 heterocycles. The van der Waals surface area contributed by atoms with Gasteiger partial charge in [0.15, 0.2) is 11.4 Å². The van der Waals surface area contributed by atoms with E-state index in [0.29, 0.717) is 24.1 Å². The number of amides is 1. The SMILES string of the molecule is CCN(CC)CCCNc1nc(-c2c(C)ccc(C(=O)N(CC)CC)c2OC(=O)C(F)(F)F)c2ccc(=O)n(-c3c(F)cccc3F)c2n1. The molecule has 0 saturated heterocycles. The number of anilines is 1. The molecule has 0 aliphatic carbocycles. The number of nitrogens with one attached hydrogen (secondary N) is 1. The summed E-state index contributed by atoms with van der Waals surface area (Å²) < 4.78 is 76.9. The van der Waals surface area contributed by atoms with Crippen molar-refractivity contribution in [2.45, 2.75) is 47.2 Å². The summed E-state index contributed by atoms with van der Waals surface area (Å²) in [6, 6.07) is 7.99. The molecule has 0 unspecified atom stereocenters. The number of fused-ring (bicyclic) bond motifs is 1. The number of hydrogen-bond donors (Lipinski definition) is 1. The number of carbonyl (C=O) groups is 2. The van der Waals surface area contributed by atoms with Crippen LogP contribution in [0.4, 0.5) is 27.9 Å². The van der Waals surface area contributed by atoms with Gasteiger partial charge in [0.05, 0.1) is 11.3 Å². The Morgan fingerprint density at radius 2 is 1.57 bits per heavy atom. The van der Waals surface area contributed by atoms with E-state index in [0.717, 1.165) is 37.4 Å². The predicted octanol–water partition coefficient (Wildman–Crippen LogP) is 6.13. The number of aromatic nitrogens is 3. The predicted molar refractivity (Wildman–Crippen MR) is 175 cm³/mol.